The van der Waals surface area contributed by atoms with E-state index < -0.39 is 0 Å². The number of amides is 2. The molecule has 0 bridgehead atoms. The number of morpholine rings is 1. The van der Waals surface area contributed by atoms with Crippen molar-refractivity contribution in [3.05, 3.63) is 24.3 Å². The van der Waals surface area contributed by atoms with Crippen LogP contribution in [0.3, 0.4) is 0 Å². The minimum absolute atomic E-state index is 0.0153. The summed E-state index contributed by atoms with van der Waals surface area (Å²) in [6.07, 6.45) is 0.505. The molecule has 1 heterocycles. The minimum Gasteiger partial charge on any atom is -0.378 e. The van der Waals surface area contributed by atoms with Gasteiger partial charge in [0.2, 0.25) is 11.8 Å². The molecule has 1 aliphatic heterocycles. The maximum atomic E-state index is 12.4. The van der Waals surface area contributed by atoms with E-state index >= 15 is 0 Å². The summed E-state index contributed by atoms with van der Waals surface area (Å²) in [4.78, 5) is 26.0. The molecule has 1 fully saturated rings. The normalized spacial score (nSPS) is 15.9. The summed E-state index contributed by atoms with van der Waals surface area (Å²) in [6, 6.07) is 7.12. The van der Waals surface area contributed by atoms with Crippen molar-refractivity contribution >= 4 is 23.2 Å². The highest BCUT2D eigenvalue weighted by Crippen LogP contribution is 2.16. The Bertz CT molecular complexity index is 551. The van der Waals surface area contributed by atoms with Gasteiger partial charge in [0.15, 0.2) is 0 Å². The lowest BCUT2D eigenvalue weighted by Gasteiger charge is -2.29. The van der Waals surface area contributed by atoms with Crippen LogP contribution in [0.5, 0.6) is 0 Å². The first-order valence-corrected chi connectivity index (χ1v) is 8.48. The number of nitrogens with zero attached hydrogens (tertiary/aromatic N) is 1. The smallest absolute Gasteiger partial charge is 0.244 e. The van der Waals surface area contributed by atoms with E-state index in [1.54, 1.807) is 0 Å². The van der Waals surface area contributed by atoms with Gasteiger partial charge < -0.3 is 20.3 Å². The number of carbonyl (C=O) groups excluding carboxylic acids is 2. The second kappa shape index (κ2) is 8.68. The molecular weight excluding hydrogens is 306 g/mol. The molecule has 0 spiro atoms. The van der Waals surface area contributed by atoms with Crippen molar-refractivity contribution in [2.24, 2.45) is 5.92 Å². The van der Waals surface area contributed by atoms with Crippen molar-refractivity contribution in [2.75, 3.05) is 36.9 Å². The molecule has 0 radical (unpaired) electrons. The summed E-state index contributed by atoms with van der Waals surface area (Å²) >= 11 is 0. The molecule has 24 heavy (non-hydrogen) atoms. The first-order chi connectivity index (χ1) is 11.5. The third-order valence-corrected chi connectivity index (χ3v) is 3.84. The Morgan fingerprint density at radius 3 is 2.25 bits per heavy atom. The second-order valence-electron chi connectivity index (χ2n) is 6.53. The van der Waals surface area contributed by atoms with Gasteiger partial charge in [0.05, 0.1) is 13.2 Å². The molecule has 2 N–H and O–H groups in total. The molecule has 1 aromatic rings. The Morgan fingerprint density at radius 1 is 1.08 bits per heavy atom. The molecule has 1 atom stereocenters. The van der Waals surface area contributed by atoms with Gasteiger partial charge in [0.25, 0.3) is 0 Å². The summed E-state index contributed by atoms with van der Waals surface area (Å²) in [7, 11) is 0. The SMILES string of the molecule is CC(C)CC(=O)Nc1ccc(NC(C)C(=O)N2CCOCC2)cc1. The number of benzene rings is 1. The zero-order valence-corrected chi connectivity index (χ0v) is 14.7. The van der Waals surface area contributed by atoms with Crippen molar-refractivity contribution in [3.63, 3.8) is 0 Å². The molecule has 6 nitrogen and oxygen atoms in total. The Hall–Kier alpha value is -2.08. The third-order valence-electron chi connectivity index (χ3n) is 3.84. The highest BCUT2D eigenvalue weighted by Gasteiger charge is 2.22. The number of anilines is 2. The van der Waals surface area contributed by atoms with Gasteiger partial charge >= 0.3 is 0 Å². The van der Waals surface area contributed by atoms with Gasteiger partial charge in [-0.2, -0.15) is 0 Å². The number of rotatable bonds is 6. The summed E-state index contributed by atoms with van der Waals surface area (Å²) in [5.74, 6) is 0.423. The van der Waals surface area contributed by atoms with Gasteiger partial charge in [0.1, 0.15) is 6.04 Å². The number of nitrogens with one attached hydrogen (secondary N) is 2. The summed E-state index contributed by atoms with van der Waals surface area (Å²) in [6.45, 7) is 8.37. The Kier molecular flexibility index (Phi) is 6.61. The lowest BCUT2D eigenvalue weighted by Crippen LogP contribution is -2.46. The molecule has 0 aliphatic carbocycles. The van der Waals surface area contributed by atoms with Crippen LogP contribution in [0.15, 0.2) is 24.3 Å². The number of carbonyl (C=O) groups is 2. The predicted molar refractivity (Wildman–Crippen MR) is 95.0 cm³/mol. The molecular formula is C18H27N3O3. The first-order valence-electron chi connectivity index (χ1n) is 8.48. The molecule has 1 unspecified atom stereocenters. The van der Waals surface area contributed by atoms with Gasteiger partial charge in [0, 0.05) is 30.9 Å². The fourth-order valence-corrected chi connectivity index (χ4v) is 2.60. The van der Waals surface area contributed by atoms with E-state index in [0.717, 1.165) is 11.4 Å². The van der Waals surface area contributed by atoms with Crippen LogP contribution in [-0.2, 0) is 14.3 Å². The fraction of sp³-hybridized carbons (Fsp3) is 0.556. The fourth-order valence-electron chi connectivity index (χ4n) is 2.60. The van der Waals surface area contributed by atoms with Crippen LogP contribution >= 0.6 is 0 Å². The highest BCUT2D eigenvalue weighted by molar-refractivity contribution is 5.91. The summed E-state index contributed by atoms with van der Waals surface area (Å²) in [5.41, 5.74) is 1.62. The van der Waals surface area contributed by atoms with E-state index in [9.17, 15) is 9.59 Å². The highest BCUT2D eigenvalue weighted by atomic mass is 16.5. The van der Waals surface area contributed by atoms with Crippen LogP contribution in [0.1, 0.15) is 27.2 Å². The van der Waals surface area contributed by atoms with Crippen LogP contribution in [-0.4, -0.2) is 49.1 Å². The standard InChI is InChI=1S/C18H27N3O3/c1-13(2)12-17(22)20-16-6-4-15(5-7-16)19-14(3)18(23)21-8-10-24-11-9-21/h4-7,13-14,19H,8-12H2,1-3H3,(H,20,22). The largest absolute Gasteiger partial charge is 0.378 e. The number of hydrogen-bond acceptors (Lipinski definition) is 4. The molecule has 2 rings (SSSR count). The monoisotopic (exact) mass is 333 g/mol. The molecule has 0 aromatic heterocycles. The third kappa shape index (κ3) is 5.53. The molecule has 1 saturated heterocycles. The van der Waals surface area contributed by atoms with Gasteiger partial charge in [-0.3, -0.25) is 9.59 Å². The zero-order chi connectivity index (χ0) is 17.5. The van der Waals surface area contributed by atoms with Crippen molar-refractivity contribution in [1.29, 1.82) is 0 Å². The van der Waals surface area contributed by atoms with E-state index in [-0.39, 0.29) is 17.9 Å². The average Bonchev–Trinajstić information content (AvgIpc) is 2.56. The molecule has 132 valence electrons. The molecule has 1 aliphatic rings. The van der Waals surface area contributed by atoms with Crippen LogP contribution in [0.4, 0.5) is 11.4 Å². The van der Waals surface area contributed by atoms with Crippen molar-refractivity contribution < 1.29 is 14.3 Å². The second-order valence-corrected chi connectivity index (χ2v) is 6.53. The van der Waals surface area contributed by atoms with Crippen molar-refractivity contribution in [1.82, 2.24) is 4.90 Å². The molecule has 0 saturated carbocycles. The van der Waals surface area contributed by atoms with Crippen LogP contribution < -0.4 is 10.6 Å². The Labute approximate surface area is 143 Å². The lowest BCUT2D eigenvalue weighted by atomic mass is 10.1. The van der Waals surface area contributed by atoms with Crippen molar-refractivity contribution in [3.8, 4) is 0 Å². The predicted octanol–water partition coefficient (Wildman–Crippen LogP) is 2.33. The zero-order valence-electron chi connectivity index (χ0n) is 14.7. The maximum Gasteiger partial charge on any atom is 0.244 e. The quantitative estimate of drug-likeness (QED) is 0.838. The van der Waals surface area contributed by atoms with E-state index in [1.807, 2.05) is 49.9 Å². The van der Waals surface area contributed by atoms with Gasteiger partial charge in [-0.25, -0.2) is 0 Å². The molecule has 6 heteroatoms. The average molecular weight is 333 g/mol. The minimum atomic E-state index is -0.301. The van der Waals surface area contributed by atoms with E-state index in [4.69, 9.17) is 4.74 Å². The maximum absolute atomic E-state index is 12.4. The van der Waals surface area contributed by atoms with Gasteiger partial charge in [-0.05, 0) is 37.1 Å². The number of hydrogen-bond donors (Lipinski definition) is 2. The van der Waals surface area contributed by atoms with E-state index in [1.165, 1.54) is 0 Å². The number of ether oxygens (including phenoxy) is 1. The van der Waals surface area contributed by atoms with Crippen LogP contribution in [0.2, 0.25) is 0 Å². The van der Waals surface area contributed by atoms with Crippen LogP contribution in [0, 0.1) is 5.92 Å². The molecule has 1 aromatic carbocycles. The summed E-state index contributed by atoms with van der Waals surface area (Å²) in [5, 5.41) is 6.08. The van der Waals surface area contributed by atoms with Crippen molar-refractivity contribution in [2.45, 2.75) is 33.2 Å². The topological polar surface area (TPSA) is 70.7 Å². The first kappa shape index (κ1) is 18.3. The lowest BCUT2D eigenvalue weighted by molar-refractivity contribution is -0.135. The molecule has 2 amide bonds. The Balaban J connectivity index is 1.86. The van der Waals surface area contributed by atoms with E-state index in [2.05, 4.69) is 10.6 Å². The van der Waals surface area contributed by atoms with E-state index in [0.29, 0.717) is 38.6 Å². The van der Waals surface area contributed by atoms with Gasteiger partial charge in [-0.15, -0.1) is 0 Å². The summed E-state index contributed by atoms with van der Waals surface area (Å²) < 4.78 is 5.27. The Morgan fingerprint density at radius 2 is 1.67 bits per heavy atom. The van der Waals surface area contributed by atoms with Gasteiger partial charge in [-0.1, -0.05) is 13.8 Å². The van der Waals surface area contributed by atoms with Crippen LogP contribution in [0.25, 0.3) is 0 Å².